The molecule has 106 valence electrons. The number of esters is 1. The van der Waals surface area contributed by atoms with Crippen LogP contribution in [-0.4, -0.2) is 17.6 Å². The molecule has 0 aliphatic rings. The van der Waals surface area contributed by atoms with Crippen molar-refractivity contribution in [1.82, 2.24) is 4.98 Å². The molecule has 0 aliphatic heterocycles. The van der Waals surface area contributed by atoms with Crippen molar-refractivity contribution >= 4 is 38.4 Å². The third-order valence-corrected chi connectivity index (χ3v) is 4.02. The van der Waals surface area contributed by atoms with Crippen molar-refractivity contribution in [3.05, 3.63) is 44.9 Å². The smallest absolute Gasteiger partial charge is 0.358 e. The molecule has 6 heteroatoms. The van der Waals surface area contributed by atoms with Gasteiger partial charge in [0.1, 0.15) is 0 Å². The van der Waals surface area contributed by atoms with Crippen LogP contribution in [0.25, 0.3) is 0 Å². The normalized spacial score (nSPS) is 10.3. The Morgan fingerprint density at radius 3 is 3.00 bits per heavy atom. The zero-order chi connectivity index (χ0) is 14.5. The number of ether oxygens (including phenoxy) is 1. The number of hydrogen-bond acceptors (Lipinski definition) is 5. The third-order valence-electron chi connectivity index (χ3n) is 2.60. The molecule has 0 unspecified atom stereocenters. The number of nitrogens with zero attached hydrogens (tertiary/aromatic N) is 1. The van der Waals surface area contributed by atoms with E-state index in [0.29, 0.717) is 18.8 Å². The summed E-state index contributed by atoms with van der Waals surface area (Å²) < 4.78 is 6.01. The number of anilines is 1. The quantitative estimate of drug-likeness (QED) is 0.824. The first-order valence-corrected chi connectivity index (χ1v) is 7.84. The number of halogens is 1. The lowest BCUT2D eigenvalue weighted by Crippen LogP contribution is -2.07. The van der Waals surface area contributed by atoms with Crippen molar-refractivity contribution in [2.24, 2.45) is 0 Å². The number of benzene rings is 1. The van der Waals surface area contributed by atoms with E-state index < -0.39 is 0 Å². The van der Waals surface area contributed by atoms with Gasteiger partial charge < -0.3 is 10.1 Å². The average Bonchev–Trinajstić information content (AvgIpc) is 2.78. The lowest BCUT2D eigenvalue weighted by atomic mass is 10.2. The van der Waals surface area contributed by atoms with Crippen LogP contribution in [-0.2, 0) is 11.3 Å². The monoisotopic (exact) mass is 354 g/mol. The van der Waals surface area contributed by atoms with Crippen LogP contribution < -0.4 is 5.32 Å². The fourth-order valence-corrected chi connectivity index (χ4v) is 2.93. The fourth-order valence-electron chi connectivity index (χ4n) is 1.69. The van der Waals surface area contributed by atoms with Crippen LogP contribution in [0.4, 0.5) is 5.13 Å². The summed E-state index contributed by atoms with van der Waals surface area (Å²) in [4.78, 5) is 16.8. The van der Waals surface area contributed by atoms with E-state index in [0.717, 1.165) is 20.0 Å². The number of aryl methyl sites for hydroxylation is 1. The van der Waals surface area contributed by atoms with Crippen molar-refractivity contribution in [2.75, 3.05) is 11.9 Å². The molecule has 0 fully saturated rings. The Morgan fingerprint density at radius 1 is 1.50 bits per heavy atom. The molecule has 0 spiro atoms. The molecule has 1 N–H and O–H groups in total. The summed E-state index contributed by atoms with van der Waals surface area (Å²) in [6, 6.07) is 8.04. The number of carbonyl (C=O) groups excluding carboxylic acids is 1. The molecule has 0 radical (unpaired) electrons. The number of hydrogen-bond donors (Lipinski definition) is 1. The van der Waals surface area contributed by atoms with Gasteiger partial charge in [-0.15, -0.1) is 11.3 Å². The van der Waals surface area contributed by atoms with Crippen LogP contribution in [0.3, 0.4) is 0 Å². The molecule has 0 atom stereocenters. The minimum Gasteiger partial charge on any atom is -0.461 e. The first-order chi connectivity index (χ1) is 9.60. The van der Waals surface area contributed by atoms with Crippen molar-refractivity contribution in [1.29, 1.82) is 0 Å². The molecule has 4 nitrogen and oxygen atoms in total. The lowest BCUT2D eigenvalue weighted by Gasteiger charge is -2.03. The second-order valence-electron chi connectivity index (χ2n) is 4.13. The SMILES string of the molecule is CCOC(=O)c1nc(NCc2cccc(Br)c2)sc1C. The summed E-state index contributed by atoms with van der Waals surface area (Å²) in [5.41, 5.74) is 1.54. The highest BCUT2D eigenvalue weighted by molar-refractivity contribution is 9.10. The molecule has 0 aliphatic carbocycles. The molecule has 0 saturated carbocycles. The van der Waals surface area contributed by atoms with Gasteiger partial charge in [0.05, 0.1) is 6.61 Å². The van der Waals surface area contributed by atoms with Gasteiger partial charge in [0.25, 0.3) is 0 Å². The highest BCUT2D eigenvalue weighted by atomic mass is 79.9. The fraction of sp³-hybridized carbons (Fsp3) is 0.286. The summed E-state index contributed by atoms with van der Waals surface area (Å²) >= 11 is 4.90. The van der Waals surface area contributed by atoms with Gasteiger partial charge in [-0.1, -0.05) is 28.1 Å². The Bertz CT molecular complexity index is 613. The van der Waals surface area contributed by atoms with E-state index in [2.05, 4.69) is 26.2 Å². The van der Waals surface area contributed by atoms with E-state index in [1.165, 1.54) is 11.3 Å². The van der Waals surface area contributed by atoms with Crippen LogP contribution in [0.2, 0.25) is 0 Å². The van der Waals surface area contributed by atoms with Crippen molar-refractivity contribution in [3.8, 4) is 0 Å². The highest BCUT2D eigenvalue weighted by Crippen LogP contribution is 2.23. The molecule has 20 heavy (non-hydrogen) atoms. The number of nitrogens with one attached hydrogen (secondary N) is 1. The van der Waals surface area contributed by atoms with E-state index in [1.54, 1.807) is 6.92 Å². The summed E-state index contributed by atoms with van der Waals surface area (Å²) in [7, 11) is 0. The van der Waals surface area contributed by atoms with E-state index in [9.17, 15) is 4.79 Å². The Balaban J connectivity index is 2.04. The molecule has 1 aromatic heterocycles. The summed E-state index contributed by atoms with van der Waals surface area (Å²) in [5.74, 6) is -0.364. The first-order valence-electron chi connectivity index (χ1n) is 6.23. The maximum atomic E-state index is 11.7. The zero-order valence-corrected chi connectivity index (χ0v) is 13.7. The second-order valence-corrected chi connectivity index (χ2v) is 6.25. The molecule has 2 aromatic rings. The van der Waals surface area contributed by atoms with Gasteiger partial charge >= 0.3 is 5.97 Å². The van der Waals surface area contributed by atoms with Crippen LogP contribution >= 0.6 is 27.3 Å². The van der Waals surface area contributed by atoms with Gasteiger partial charge in [-0.05, 0) is 31.5 Å². The van der Waals surface area contributed by atoms with Gasteiger partial charge in [-0.3, -0.25) is 0 Å². The first kappa shape index (κ1) is 15.0. The van der Waals surface area contributed by atoms with Crippen LogP contribution in [0, 0.1) is 6.92 Å². The van der Waals surface area contributed by atoms with Gasteiger partial charge in [0.15, 0.2) is 10.8 Å². The van der Waals surface area contributed by atoms with Gasteiger partial charge in [-0.2, -0.15) is 0 Å². The van der Waals surface area contributed by atoms with Crippen LogP contribution in [0.1, 0.15) is 27.9 Å². The highest BCUT2D eigenvalue weighted by Gasteiger charge is 2.16. The molecule has 1 heterocycles. The molecule has 0 bridgehead atoms. The number of carbonyl (C=O) groups is 1. The van der Waals surface area contributed by atoms with Crippen LogP contribution in [0.15, 0.2) is 28.7 Å². The van der Waals surface area contributed by atoms with E-state index in [-0.39, 0.29) is 5.97 Å². The van der Waals surface area contributed by atoms with Crippen molar-refractivity contribution < 1.29 is 9.53 Å². The molecular formula is C14H15BrN2O2S. The topological polar surface area (TPSA) is 51.2 Å². The van der Waals surface area contributed by atoms with Gasteiger partial charge in [-0.25, -0.2) is 9.78 Å². The second kappa shape index (κ2) is 6.85. The molecular weight excluding hydrogens is 340 g/mol. The average molecular weight is 355 g/mol. The molecule has 0 amide bonds. The summed E-state index contributed by atoms with van der Waals surface area (Å²) in [6.45, 7) is 4.67. The van der Waals surface area contributed by atoms with Gasteiger partial charge in [0, 0.05) is 15.9 Å². The number of aromatic nitrogens is 1. The third kappa shape index (κ3) is 3.80. The maximum absolute atomic E-state index is 11.7. The molecule has 0 saturated heterocycles. The molecule has 2 rings (SSSR count). The Labute approximate surface area is 130 Å². The Kier molecular flexibility index (Phi) is 5.14. The lowest BCUT2D eigenvalue weighted by molar-refractivity contribution is 0.0519. The standard InChI is InChI=1S/C14H15BrN2O2S/c1-3-19-13(18)12-9(2)20-14(17-12)16-8-10-5-4-6-11(15)7-10/h4-7H,3,8H2,1-2H3,(H,16,17). The maximum Gasteiger partial charge on any atom is 0.358 e. The summed E-state index contributed by atoms with van der Waals surface area (Å²) in [5, 5.41) is 3.95. The van der Waals surface area contributed by atoms with E-state index in [4.69, 9.17) is 4.74 Å². The van der Waals surface area contributed by atoms with Gasteiger partial charge in [0.2, 0.25) is 0 Å². The number of rotatable bonds is 5. The predicted octanol–water partition coefficient (Wildman–Crippen LogP) is 4.00. The van der Waals surface area contributed by atoms with Crippen molar-refractivity contribution in [3.63, 3.8) is 0 Å². The Morgan fingerprint density at radius 2 is 2.30 bits per heavy atom. The minimum absolute atomic E-state index is 0.358. The van der Waals surface area contributed by atoms with E-state index >= 15 is 0 Å². The number of thiazole rings is 1. The van der Waals surface area contributed by atoms with Crippen molar-refractivity contribution in [2.45, 2.75) is 20.4 Å². The Hall–Kier alpha value is -1.40. The molecule has 1 aromatic carbocycles. The van der Waals surface area contributed by atoms with Crippen LogP contribution in [0.5, 0.6) is 0 Å². The minimum atomic E-state index is -0.364. The van der Waals surface area contributed by atoms with E-state index in [1.807, 2.05) is 31.2 Å². The zero-order valence-electron chi connectivity index (χ0n) is 11.3. The predicted molar refractivity (Wildman–Crippen MR) is 84.3 cm³/mol. The largest absolute Gasteiger partial charge is 0.461 e. The summed E-state index contributed by atoms with van der Waals surface area (Å²) in [6.07, 6.45) is 0.